The number of rotatable bonds is 8. The Morgan fingerprint density at radius 3 is 2.29 bits per heavy atom. The van der Waals surface area contributed by atoms with E-state index in [9.17, 15) is 5.11 Å². The van der Waals surface area contributed by atoms with Crippen LogP contribution in [0.3, 0.4) is 0 Å². The molecule has 24 heavy (non-hydrogen) atoms. The van der Waals surface area contributed by atoms with Crippen LogP contribution in [0.5, 0.6) is 17.2 Å². The van der Waals surface area contributed by atoms with Crippen molar-refractivity contribution in [3.05, 3.63) is 59.2 Å². The van der Waals surface area contributed by atoms with E-state index in [1.165, 1.54) is 5.57 Å². The van der Waals surface area contributed by atoms with Gasteiger partial charge in [-0.15, -0.1) is 0 Å². The number of hydrogen-bond acceptors (Lipinski definition) is 3. The molecule has 0 aromatic heterocycles. The van der Waals surface area contributed by atoms with Crippen LogP contribution in [0.15, 0.2) is 48.0 Å². The van der Waals surface area contributed by atoms with Crippen molar-refractivity contribution in [3.63, 3.8) is 0 Å². The number of methoxy groups -OCH3 is 2. The average Bonchev–Trinajstić information content (AvgIpc) is 2.62. The quantitative estimate of drug-likeness (QED) is 0.722. The molecule has 0 spiro atoms. The topological polar surface area (TPSA) is 38.7 Å². The van der Waals surface area contributed by atoms with Gasteiger partial charge in [-0.05, 0) is 55.2 Å². The molecule has 0 radical (unpaired) electrons. The molecule has 2 rings (SSSR count). The second-order valence-electron chi connectivity index (χ2n) is 5.85. The molecule has 0 fully saturated rings. The number of hydrogen-bond donors (Lipinski definition) is 1. The van der Waals surface area contributed by atoms with Crippen LogP contribution in [0, 0.1) is 0 Å². The van der Waals surface area contributed by atoms with E-state index >= 15 is 0 Å². The highest BCUT2D eigenvalue weighted by atomic mass is 16.5. The zero-order chi connectivity index (χ0) is 17.4. The third-order valence-electron chi connectivity index (χ3n) is 4.04. The van der Waals surface area contributed by atoms with Gasteiger partial charge in [0.2, 0.25) is 0 Å². The Hall–Kier alpha value is -2.42. The minimum Gasteiger partial charge on any atom is -0.508 e. The third-order valence-corrected chi connectivity index (χ3v) is 4.04. The minimum absolute atomic E-state index is 0.313. The van der Waals surface area contributed by atoms with Gasteiger partial charge in [0.25, 0.3) is 0 Å². The summed E-state index contributed by atoms with van der Waals surface area (Å²) < 4.78 is 10.5. The summed E-state index contributed by atoms with van der Waals surface area (Å²) in [7, 11) is 3.31. The Balaban J connectivity index is 2.25. The average molecular weight is 326 g/mol. The molecular weight excluding hydrogens is 300 g/mol. The van der Waals surface area contributed by atoms with Crippen LogP contribution in [0.2, 0.25) is 0 Å². The number of aromatic hydroxyl groups is 1. The van der Waals surface area contributed by atoms with Gasteiger partial charge < -0.3 is 14.6 Å². The van der Waals surface area contributed by atoms with Gasteiger partial charge in [0.1, 0.15) is 17.2 Å². The molecule has 0 heterocycles. The first-order valence-electron chi connectivity index (χ1n) is 8.35. The van der Waals surface area contributed by atoms with E-state index in [2.05, 4.69) is 25.1 Å². The summed E-state index contributed by atoms with van der Waals surface area (Å²) in [6.07, 6.45) is 6.21. The lowest BCUT2D eigenvalue weighted by Gasteiger charge is -2.11. The van der Waals surface area contributed by atoms with Crippen molar-refractivity contribution in [2.24, 2.45) is 0 Å². The standard InChI is InChI=1S/C21H26O3/c1-4-5-6-17(13-16-7-9-19(23-2)10-8-16)14-18-15-20(24-3)11-12-21(18)22/h7-13,15,22H,4-6,14H2,1-3H3/b17-13+. The Labute approximate surface area is 144 Å². The summed E-state index contributed by atoms with van der Waals surface area (Å²) in [5, 5.41) is 10.1. The summed E-state index contributed by atoms with van der Waals surface area (Å²) in [5.74, 6) is 1.93. The first kappa shape index (κ1) is 17.9. The summed E-state index contributed by atoms with van der Waals surface area (Å²) in [6, 6.07) is 13.4. The van der Waals surface area contributed by atoms with E-state index in [0.29, 0.717) is 5.75 Å². The van der Waals surface area contributed by atoms with Crippen molar-refractivity contribution in [1.82, 2.24) is 0 Å². The van der Waals surface area contributed by atoms with Gasteiger partial charge in [-0.25, -0.2) is 0 Å². The summed E-state index contributed by atoms with van der Waals surface area (Å²) in [4.78, 5) is 0. The fraction of sp³-hybridized carbons (Fsp3) is 0.333. The SMILES string of the molecule is CCCC/C(=C\c1ccc(OC)cc1)Cc1cc(OC)ccc1O. The maximum absolute atomic E-state index is 10.1. The molecule has 0 aliphatic carbocycles. The number of phenolic OH excluding ortho intramolecular Hbond substituents is 1. The van der Waals surface area contributed by atoms with Crippen molar-refractivity contribution < 1.29 is 14.6 Å². The highest BCUT2D eigenvalue weighted by Crippen LogP contribution is 2.28. The van der Waals surface area contributed by atoms with Crippen molar-refractivity contribution in [3.8, 4) is 17.2 Å². The highest BCUT2D eigenvalue weighted by molar-refractivity contribution is 5.55. The number of unbranched alkanes of at least 4 members (excludes halogenated alkanes) is 1. The van der Waals surface area contributed by atoms with Crippen LogP contribution in [0.4, 0.5) is 0 Å². The van der Waals surface area contributed by atoms with E-state index < -0.39 is 0 Å². The second-order valence-corrected chi connectivity index (χ2v) is 5.85. The second kappa shape index (κ2) is 9.02. The third kappa shape index (κ3) is 5.05. The molecule has 0 aliphatic heterocycles. The largest absolute Gasteiger partial charge is 0.508 e. The molecule has 0 saturated carbocycles. The molecule has 3 nitrogen and oxygen atoms in total. The summed E-state index contributed by atoms with van der Waals surface area (Å²) >= 11 is 0. The van der Waals surface area contributed by atoms with Crippen molar-refractivity contribution in [1.29, 1.82) is 0 Å². The van der Waals surface area contributed by atoms with Crippen LogP contribution in [-0.4, -0.2) is 19.3 Å². The van der Waals surface area contributed by atoms with Crippen molar-refractivity contribution >= 4 is 6.08 Å². The van der Waals surface area contributed by atoms with Gasteiger partial charge in [0.15, 0.2) is 0 Å². The summed E-state index contributed by atoms with van der Waals surface area (Å²) in [6.45, 7) is 2.19. The molecular formula is C21H26O3. The Bertz CT molecular complexity index is 672. The monoisotopic (exact) mass is 326 g/mol. The molecule has 0 unspecified atom stereocenters. The minimum atomic E-state index is 0.313. The molecule has 0 amide bonds. The van der Waals surface area contributed by atoms with Crippen LogP contribution in [0.1, 0.15) is 37.3 Å². The van der Waals surface area contributed by atoms with E-state index in [0.717, 1.165) is 48.3 Å². The molecule has 2 aromatic carbocycles. The number of benzene rings is 2. The lowest BCUT2D eigenvalue weighted by molar-refractivity contribution is 0.411. The number of phenols is 1. The van der Waals surface area contributed by atoms with E-state index in [1.807, 2.05) is 18.2 Å². The first-order chi connectivity index (χ1) is 11.7. The zero-order valence-corrected chi connectivity index (χ0v) is 14.7. The van der Waals surface area contributed by atoms with E-state index in [4.69, 9.17) is 9.47 Å². The molecule has 0 saturated heterocycles. The van der Waals surface area contributed by atoms with E-state index in [1.54, 1.807) is 26.4 Å². The van der Waals surface area contributed by atoms with Crippen LogP contribution in [-0.2, 0) is 6.42 Å². The maximum Gasteiger partial charge on any atom is 0.119 e. The lowest BCUT2D eigenvalue weighted by Crippen LogP contribution is -1.94. The van der Waals surface area contributed by atoms with Crippen LogP contribution >= 0.6 is 0 Å². The van der Waals surface area contributed by atoms with Gasteiger partial charge in [-0.2, -0.15) is 0 Å². The number of allylic oxidation sites excluding steroid dienone is 1. The predicted octanol–water partition coefficient (Wildman–Crippen LogP) is 5.23. The Morgan fingerprint density at radius 2 is 1.67 bits per heavy atom. The fourth-order valence-corrected chi connectivity index (χ4v) is 2.63. The lowest BCUT2D eigenvalue weighted by atomic mass is 9.97. The Kier molecular flexibility index (Phi) is 6.74. The predicted molar refractivity (Wildman–Crippen MR) is 98.9 cm³/mol. The fourth-order valence-electron chi connectivity index (χ4n) is 2.63. The van der Waals surface area contributed by atoms with E-state index in [-0.39, 0.29) is 0 Å². The van der Waals surface area contributed by atoms with Gasteiger partial charge in [0, 0.05) is 5.56 Å². The molecule has 1 N–H and O–H groups in total. The van der Waals surface area contributed by atoms with Gasteiger partial charge in [-0.1, -0.05) is 37.1 Å². The number of ether oxygens (including phenoxy) is 2. The molecule has 0 bridgehead atoms. The highest BCUT2D eigenvalue weighted by Gasteiger charge is 2.07. The molecule has 0 atom stereocenters. The van der Waals surface area contributed by atoms with Crippen LogP contribution in [0.25, 0.3) is 6.08 Å². The van der Waals surface area contributed by atoms with Crippen molar-refractivity contribution in [2.75, 3.05) is 14.2 Å². The molecule has 128 valence electrons. The Morgan fingerprint density at radius 1 is 1.00 bits per heavy atom. The molecule has 0 aliphatic rings. The van der Waals surface area contributed by atoms with Gasteiger partial charge >= 0.3 is 0 Å². The first-order valence-corrected chi connectivity index (χ1v) is 8.35. The van der Waals surface area contributed by atoms with Crippen LogP contribution < -0.4 is 9.47 Å². The summed E-state index contributed by atoms with van der Waals surface area (Å²) in [5.41, 5.74) is 3.33. The molecule has 2 aromatic rings. The van der Waals surface area contributed by atoms with Gasteiger partial charge in [-0.3, -0.25) is 0 Å². The normalized spacial score (nSPS) is 11.4. The zero-order valence-electron chi connectivity index (χ0n) is 14.7. The molecule has 3 heteroatoms. The van der Waals surface area contributed by atoms with Gasteiger partial charge in [0.05, 0.1) is 14.2 Å². The van der Waals surface area contributed by atoms with Crippen molar-refractivity contribution in [2.45, 2.75) is 32.6 Å². The maximum atomic E-state index is 10.1. The smallest absolute Gasteiger partial charge is 0.119 e.